The number of carbonyl (C=O) groups is 1. The van der Waals surface area contributed by atoms with E-state index in [1.165, 1.54) is 45.6 Å². The summed E-state index contributed by atoms with van der Waals surface area (Å²) in [4.78, 5) is 14.6. The number of amides is 1. The highest BCUT2D eigenvalue weighted by Crippen LogP contribution is 2.26. The van der Waals surface area contributed by atoms with Crippen molar-refractivity contribution in [1.29, 1.82) is 0 Å². The van der Waals surface area contributed by atoms with Gasteiger partial charge in [-0.3, -0.25) is 4.79 Å². The Morgan fingerprint density at radius 1 is 1.31 bits per heavy atom. The van der Waals surface area contributed by atoms with Gasteiger partial charge in [0.2, 0.25) is 15.9 Å². The molecule has 1 aromatic rings. The smallest absolute Gasteiger partial charge is 0.246 e. The van der Waals surface area contributed by atoms with Gasteiger partial charge in [0.15, 0.2) is 0 Å². The minimum Gasteiger partial charge on any atom is -0.495 e. The van der Waals surface area contributed by atoms with Gasteiger partial charge in [0, 0.05) is 18.7 Å². The molecule has 0 bridgehead atoms. The first-order chi connectivity index (χ1) is 12.4. The summed E-state index contributed by atoms with van der Waals surface area (Å²) in [6, 6.07) is 5.13. The molecule has 0 unspecified atom stereocenters. The molecule has 1 aromatic carbocycles. The van der Waals surface area contributed by atoms with E-state index in [0.29, 0.717) is 18.2 Å². The number of ether oxygens (including phenoxy) is 1. The van der Waals surface area contributed by atoms with Gasteiger partial charge in [-0.05, 0) is 50.6 Å². The number of methoxy groups -OCH3 is 1. The number of benzene rings is 1. The molecule has 6 nitrogen and oxygen atoms in total. The third-order valence-corrected chi connectivity index (χ3v) is 6.24. The lowest BCUT2D eigenvalue weighted by atomic mass is 9.94. The topological polar surface area (TPSA) is 75.7 Å². The van der Waals surface area contributed by atoms with E-state index in [1.54, 1.807) is 18.2 Å². The van der Waals surface area contributed by atoms with Crippen molar-refractivity contribution in [3.63, 3.8) is 0 Å². The molecule has 0 saturated heterocycles. The summed E-state index contributed by atoms with van der Waals surface area (Å²) in [5, 5.41) is 0. The van der Waals surface area contributed by atoms with Crippen LogP contribution >= 0.6 is 0 Å². The number of carbonyl (C=O) groups excluding carboxylic acids is 1. The van der Waals surface area contributed by atoms with E-state index in [-0.39, 0.29) is 16.6 Å². The van der Waals surface area contributed by atoms with Gasteiger partial charge in [0.05, 0.1) is 7.11 Å². The van der Waals surface area contributed by atoms with Crippen LogP contribution in [0.15, 0.2) is 29.2 Å². The van der Waals surface area contributed by atoms with Crippen molar-refractivity contribution in [3.8, 4) is 5.75 Å². The summed E-state index contributed by atoms with van der Waals surface area (Å²) < 4.78 is 31.7. The Morgan fingerprint density at radius 3 is 2.58 bits per heavy atom. The second-order valence-corrected chi connectivity index (χ2v) is 8.22. The number of likely N-dealkylation sites (N-methyl/N-ethyl adjacent to an activating group) is 1. The lowest BCUT2D eigenvalue weighted by molar-refractivity contribution is -0.128. The van der Waals surface area contributed by atoms with E-state index >= 15 is 0 Å². The maximum absolute atomic E-state index is 12.6. The van der Waals surface area contributed by atoms with Crippen LogP contribution < -0.4 is 9.46 Å². The lowest BCUT2D eigenvalue weighted by Gasteiger charge is -2.32. The normalized spacial score (nSPS) is 16.0. The Hall–Kier alpha value is -1.86. The molecule has 2 rings (SSSR count). The Bertz CT molecular complexity index is 753. The summed E-state index contributed by atoms with van der Waals surface area (Å²) in [5.74, 6) is 0.230. The molecule has 0 aromatic heterocycles. The van der Waals surface area contributed by atoms with Crippen LogP contribution in [0.5, 0.6) is 5.75 Å². The molecule has 0 radical (unpaired) electrons. The van der Waals surface area contributed by atoms with Crippen molar-refractivity contribution in [2.24, 2.45) is 0 Å². The predicted octanol–water partition coefficient (Wildman–Crippen LogP) is 2.80. The van der Waals surface area contributed by atoms with Crippen LogP contribution in [0, 0.1) is 0 Å². The van der Waals surface area contributed by atoms with Gasteiger partial charge in [-0.2, -0.15) is 0 Å². The zero-order valence-electron chi connectivity index (χ0n) is 15.7. The van der Waals surface area contributed by atoms with E-state index in [4.69, 9.17) is 4.74 Å². The molecular weight excluding hydrogens is 352 g/mol. The average Bonchev–Trinajstić information content (AvgIpc) is 2.67. The molecule has 1 aliphatic carbocycles. The van der Waals surface area contributed by atoms with E-state index in [2.05, 4.69) is 4.72 Å². The molecule has 1 aliphatic rings. The maximum Gasteiger partial charge on any atom is 0.246 e. The summed E-state index contributed by atoms with van der Waals surface area (Å²) in [6.07, 6.45) is 8.87. The van der Waals surface area contributed by atoms with Crippen LogP contribution in [-0.4, -0.2) is 46.0 Å². The molecule has 7 heteroatoms. The fourth-order valence-corrected chi connectivity index (χ4v) is 4.29. The second kappa shape index (κ2) is 9.19. The van der Waals surface area contributed by atoms with Crippen LogP contribution in [0.3, 0.4) is 0 Å². The van der Waals surface area contributed by atoms with Gasteiger partial charge in [-0.25, -0.2) is 13.1 Å². The molecule has 0 heterocycles. The molecule has 144 valence electrons. The fraction of sp³-hybridized carbons (Fsp3) is 0.526. The summed E-state index contributed by atoms with van der Waals surface area (Å²) >= 11 is 0. The van der Waals surface area contributed by atoms with Gasteiger partial charge in [0.25, 0.3) is 0 Å². The molecule has 1 saturated carbocycles. The van der Waals surface area contributed by atoms with Crippen LogP contribution in [0.25, 0.3) is 6.08 Å². The molecule has 1 fully saturated rings. The highest BCUT2D eigenvalue weighted by Gasteiger charge is 2.22. The molecular formula is C19H28N2O4S. The van der Waals surface area contributed by atoms with Crippen molar-refractivity contribution >= 4 is 22.0 Å². The first kappa shape index (κ1) is 20.5. The summed E-state index contributed by atoms with van der Waals surface area (Å²) in [6.45, 7) is 2.67. The molecule has 0 spiro atoms. The number of rotatable bonds is 7. The van der Waals surface area contributed by atoms with Crippen molar-refractivity contribution in [2.45, 2.75) is 50.0 Å². The first-order valence-electron chi connectivity index (χ1n) is 9.03. The Kier molecular flexibility index (Phi) is 7.23. The fourth-order valence-electron chi connectivity index (χ4n) is 3.37. The van der Waals surface area contributed by atoms with E-state index in [1.807, 2.05) is 11.8 Å². The molecule has 0 atom stereocenters. The molecule has 26 heavy (non-hydrogen) atoms. The van der Waals surface area contributed by atoms with Gasteiger partial charge in [-0.1, -0.05) is 25.3 Å². The van der Waals surface area contributed by atoms with Crippen molar-refractivity contribution in [1.82, 2.24) is 9.62 Å². The quantitative estimate of drug-likeness (QED) is 0.738. The molecule has 1 N–H and O–H groups in total. The van der Waals surface area contributed by atoms with E-state index in [0.717, 1.165) is 12.8 Å². The Morgan fingerprint density at radius 2 is 2.00 bits per heavy atom. The minimum absolute atomic E-state index is 0.0340. The Labute approximate surface area is 156 Å². The van der Waals surface area contributed by atoms with Crippen LogP contribution in [-0.2, 0) is 14.8 Å². The minimum atomic E-state index is -3.64. The van der Waals surface area contributed by atoms with Crippen molar-refractivity contribution in [2.75, 3.05) is 20.7 Å². The van der Waals surface area contributed by atoms with Crippen LogP contribution in [0.2, 0.25) is 0 Å². The highest BCUT2D eigenvalue weighted by molar-refractivity contribution is 7.89. The molecule has 1 amide bonds. The number of nitrogens with zero attached hydrogens (tertiary/aromatic N) is 1. The van der Waals surface area contributed by atoms with Crippen LogP contribution in [0.4, 0.5) is 0 Å². The summed E-state index contributed by atoms with van der Waals surface area (Å²) in [7, 11) is -0.870. The summed E-state index contributed by atoms with van der Waals surface area (Å²) in [5.41, 5.74) is 0.632. The third kappa shape index (κ3) is 4.86. The number of nitrogens with one attached hydrogen (secondary N) is 1. The largest absolute Gasteiger partial charge is 0.495 e. The van der Waals surface area contributed by atoms with Gasteiger partial charge >= 0.3 is 0 Å². The average molecular weight is 381 g/mol. The van der Waals surface area contributed by atoms with E-state index < -0.39 is 10.0 Å². The lowest BCUT2D eigenvalue weighted by Crippen LogP contribution is -2.40. The van der Waals surface area contributed by atoms with E-state index in [9.17, 15) is 13.2 Å². The monoisotopic (exact) mass is 380 g/mol. The van der Waals surface area contributed by atoms with Gasteiger partial charge in [0.1, 0.15) is 10.6 Å². The van der Waals surface area contributed by atoms with Crippen LogP contribution in [0.1, 0.15) is 44.6 Å². The van der Waals surface area contributed by atoms with Crippen molar-refractivity contribution in [3.05, 3.63) is 29.8 Å². The van der Waals surface area contributed by atoms with Gasteiger partial charge < -0.3 is 9.64 Å². The zero-order valence-corrected chi connectivity index (χ0v) is 16.5. The maximum atomic E-state index is 12.6. The highest BCUT2D eigenvalue weighted by atomic mass is 32.2. The number of hydrogen-bond acceptors (Lipinski definition) is 4. The first-order valence-corrected chi connectivity index (χ1v) is 10.5. The number of sulfonamides is 1. The van der Waals surface area contributed by atoms with Crippen molar-refractivity contribution < 1.29 is 17.9 Å². The SMILES string of the molecule is CCN(C(=O)/C=C/c1ccc(OC)c(S(=O)(=O)NC)c1)C1CCCCC1. The zero-order chi connectivity index (χ0) is 19.2. The number of hydrogen-bond donors (Lipinski definition) is 1. The standard InChI is InChI=1S/C19H28N2O4S/c1-4-21(16-8-6-5-7-9-16)19(22)13-11-15-10-12-17(25-3)18(14-15)26(23,24)20-2/h10-14,16,20H,4-9H2,1-3H3/b13-11+. The Balaban J connectivity index is 2.21. The third-order valence-electron chi connectivity index (χ3n) is 4.80. The predicted molar refractivity (Wildman–Crippen MR) is 103 cm³/mol. The molecule has 0 aliphatic heterocycles. The van der Waals surface area contributed by atoms with Gasteiger partial charge in [-0.15, -0.1) is 0 Å². The second-order valence-electron chi connectivity index (χ2n) is 6.37.